The van der Waals surface area contributed by atoms with Gasteiger partial charge in [0.2, 0.25) is 5.91 Å². The molecule has 0 bridgehead atoms. The number of rotatable bonds is 14. The predicted octanol–water partition coefficient (Wildman–Crippen LogP) is -1.59. The smallest absolute Gasteiger partial charge is 0.475 e. The van der Waals surface area contributed by atoms with Crippen LogP contribution in [0, 0.1) is 46.3 Å². The number of hydrogen-bond acceptors (Lipinski definition) is 28. The van der Waals surface area contributed by atoms with Crippen molar-refractivity contribution in [3.8, 4) is 0 Å². The third-order valence-electron chi connectivity index (χ3n) is 20.5. The van der Waals surface area contributed by atoms with Crippen LogP contribution in [0.15, 0.2) is 0 Å². The van der Waals surface area contributed by atoms with Crippen molar-refractivity contribution in [1.29, 1.82) is 0 Å². The van der Waals surface area contributed by atoms with E-state index in [0.717, 1.165) is 25.7 Å². The second-order valence-corrected chi connectivity index (χ2v) is 27.7. The molecule has 3 saturated heterocycles. The van der Waals surface area contributed by atoms with Crippen LogP contribution >= 0.6 is 0 Å². The summed E-state index contributed by atoms with van der Waals surface area (Å²) in [6.07, 6.45) is -46.6. The topological polar surface area (TPSA) is 646 Å². The van der Waals surface area contributed by atoms with E-state index in [9.17, 15) is 130 Å². The van der Waals surface area contributed by atoms with Crippen LogP contribution in [0.5, 0.6) is 0 Å². The van der Waals surface area contributed by atoms with Crippen LogP contribution in [0.3, 0.4) is 0 Å². The molecule has 0 unspecified atom stereocenters. The normalized spacial score (nSPS) is 38.1. The van der Waals surface area contributed by atoms with Crippen LogP contribution in [-0.4, -0.2) is 310 Å². The number of carboxylic acid groups (broad SMARTS) is 6. The molecule has 0 radical (unpaired) electrons. The number of aliphatic carboxylic acids is 6. The SMILES string of the molecule is C[C@H](CCC(=O)NC[C@H]1O[C@@H](O[C@@H]2[C@@H](O)[C@H](N)C[C@H](N)[C@H]2O[C@H]2O[C@H](CN)[C@@H](O)[C@H](O)[C@H]2N)[C@H](O)[C@@H]1O[C@H]1O[C@@H](CN)[C@@H](O)[C@H](O)[C@H]1N)[C@H]1CC[C@H]2[C@@H]3[C@H](O)C[C@@H]4C[C@H](O)CC[C@]4(C)[C@H]3C[C@H](O)[C@]12C.O=C(O)C(F)(F)F.O=C(O)C(F)(F)F.O=C(O)C(F)(F)F.O=C(O)C(F)(F)F.O=C(O)C(F)(F)F.O=C(O)C(F)(F)F. The van der Waals surface area contributed by atoms with Crippen LogP contribution < -0.4 is 39.7 Å². The Kier molecular flexibility index (Phi) is 37.3. The Hall–Kier alpha value is -5.81. The lowest BCUT2D eigenvalue weighted by molar-refractivity contribution is -0.306. The van der Waals surface area contributed by atoms with Crippen LogP contribution in [0.1, 0.15) is 85.0 Å². The lowest BCUT2D eigenvalue weighted by Crippen LogP contribution is -2.68. The molecule has 8 fully saturated rings. The van der Waals surface area contributed by atoms with Gasteiger partial charge in [-0.1, -0.05) is 20.8 Å². The minimum Gasteiger partial charge on any atom is -0.475 e. The van der Waals surface area contributed by atoms with E-state index < -0.39 is 207 Å². The average Bonchev–Trinajstić information content (AvgIpc) is 1.42. The summed E-state index contributed by atoms with van der Waals surface area (Å²) < 4.78 is 227. The van der Waals surface area contributed by atoms with Gasteiger partial charge in [0.15, 0.2) is 18.9 Å². The number of amides is 1. The number of alkyl halides is 18. The predicted molar refractivity (Wildman–Crippen MR) is 329 cm³/mol. The van der Waals surface area contributed by atoms with Gasteiger partial charge in [-0.05, 0) is 104 Å². The monoisotopic (exact) mass is 1690 g/mol. The molecule has 30 atom stereocenters. The summed E-state index contributed by atoms with van der Waals surface area (Å²) in [5.74, 6) is -16.2. The number of nitrogens with one attached hydrogen (secondary N) is 1. The van der Waals surface area contributed by atoms with Crippen molar-refractivity contribution in [3.63, 3.8) is 0 Å². The molecule has 28 N–H and O–H groups in total. The van der Waals surface area contributed by atoms with E-state index in [1.54, 1.807) is 0 Å². The van der Waals surface area contributed by atoms with Gasteiger partial charge in [0, 0.05) is 38.1 Å². The Labute approximate surface area is 620 Å². The van der Waals surface area contributed by atoms with Crippen LogP contribution in [0.2, 0.25) is 0 Å². The maximum absolute atomic E-state index is 13.8. The summed E-state index contributed by atoms with van der Waals surface area (Å²) in [5.41, 5.74) is 36.4. The molecule has 656 valence electrons. The molecule has 0 aromatic carbocycles. The van der Waals surface area contributed by atoms with E-state index in [2.05, 4.69) is 26.1 Å². The Morgan fingerprint density at radius 1 is 0.464 bits per heavy atom. The number of aliphatic hydroxyl groups excluding tert-OH is 9. The number of carbonyl (C=O) groups excluding carboxylic acids is 1. The highest BCUT2D eigenvalue weighted by Crippen LogP contribution is 2.68. The van der Waals surface area contributed by atoms with Gasteiger partial charge in [-0.15, -0.1) is 0 Å². The second-order valence-electron chi connectivity index (χ2n) is 27.7. The molecule has 8 rings (SSSR count). The molecule has 0 spiro atoms. The number of hydrogen-bond donors (Lipinski definition) is 22. The molecule has 8 aliphatic rings. The number of aliphatic hydroxyl groups is 9. The Morgan fingerprint density at radius 2 is 0.839 bits per heavy atom. The maximum atomic E-state index is 13.8. The van der Waals surface area contributed by atoms with Gasteiger partial charge < -0.3 is 145 Å². The lowest BCUT2D eigenvalue weighted by atomic mass is 9.43. The van der Waals surface area contributed by atoms with Gasteiger partial charge >= 0.3 is 72.9 Å². The summed E-state index contributed by atoms with van der Waals surface area (Å²) >= 11 is 0. The fourth-order valence-electron chi connectivity index (χ4n) is 14.8. The number of halogens is 18. The summed E-state index contributed by atoms with van der Waals surface area (Å²) in [7, 11) is 0. The molecule has 5 saturated carbocycles. The van der Waals surface area contributed by atoms with Crippen LogP contribution in [0.4, 0.5) is 79.0 Å². The number of carboxylic acids is 6. The summed E-state index contributed by atoms with van der Waals surface area (Å²) in [6.45, 7) is 5.98. The first-order valence-electron chi connectivity index (χ1n) is 33.3. The van der Waals surface area contributed by atoms with Crippen LogP contribution in [0.25, 0.3) is 0 Å². The zero-order valence-corrected chi connectivity index (χ0v) is 58.6. The van der Waals surface area contributed by atoms with Gasteiger partial charge in [-0.2, -0.15) is 79.0 Å². The fraction of sp³-hybridized carbons (Fsp3) is 0.881. The largest absolute Gasteiger partial charge is 0.490 e. The summed E-state index contributed by atoms with van der Waals surface area (Å²) in [6, 6.07) is -4.42. The average molecular weight is 1690 g/mol. The van der Waals surface area contributed by atoms with Gasteiger partial charge in [0.25, 0.3) is 0 Å². The van der Waals surface area contributed by atoms with E-state index in [1.807, 2.05) is 0 Å². The Bertz CT molecular complexity index is 2860. The number of ether oxygens (including phenoxy) is 6. The standard InChI is InChI=1S/C47H85N7O16.6C2HF3O2/c1-17(20-5-6-21-31-22(12-29(57)47(20,21)3)46(2)9-8-19(55)10-18(46)11-25(31)56)4-7-30(58)54-16-28-41(69-44-33(53)38(63)36(61)27(15-49)66-44)39(64)45(67-28)70-42-34(59)23(50)13-24(51)40(42)68-43-32(52)37(62)35(60)26(14-48)65-43;6*3-2(4,5)1(6)7/h17-29,31-45,55-57,59-64H,4-16,48-53H2,1-3H3,(H,54,58);6*(H,6,7)/t17-,18+,19-,20-,21+,22+,23-,24+,25-,26-,27+,28-,29+,31+,32-,33-,34+,35-,36-,37-,38-,39-,40-,41-,42-,43-,44-,45+,46+,47-;;;;;;/m1....../s1. The Balaban J connectivity index is 0.000000820. The Morgan fingerprint density at radius 3 is 1.22 bits per heavy atom. The zero-order chi connectivity index (χ0) is 87.3. The van der Waals surface area contributed by atoms with Crippen molar-refractivity contribution in [2.24, 2.45) is 80.7 Å². The highest BCUT2D eigenvalue weighted by Gasteiger charge is 2.66. The summed E-state index contributed by atoms with van der Waals surface area (Å²) in [4.78, 5) is 67.1. The third kappa shape index (κ3) is 27.4. The molecule has 3 heterocycles. The molecule has 112 heavy (non-hydrogen) atoms. The number of carbonyl (C=O) groups is 7. The van der Waals surface area contributed by atoms with Gasteiger partial charge in [0.05, 0.1) is 36.5 Å². The molecule has 5 aliphatic carbocycles. The summed E-state index contributed by atoms with van der Waals surface area (Å²) in [5, 5.41) is 146. The third-order valence-corrected chi connectivity index (χ3v) is 20.5. The maximum Gasteiger partial charge on any atom is 0.490 e. The highest BCUT2D eigenvalue weighted by molar-refractivity contribution is 5.76. The molecule has 35 nitrogen and oxygen atoms in total. The van der Waals surface area contributed by atoms with Crippen molar-refractivity contribution < 1.29 is 218 Å². The van der Waals surface area contributed by atoms with Crippen molar-refractivity contribution in [2.75, 3.05) is 19.6 Å². The first-order valence-corrected chi connectivity index (χ1v) is 33.3. The molecular formula is C59H91F18N7O28. The van der Waals surface area contributed by atoms with E-state index in [1.165, 1.54) is 0 Å². The van der Waals surface area contributed by atoms with Crippen molar-refractivity contribution >= 4 is 41.7 Å². The molecule has 0 aromatic heterocycles. The molecular weight excluding hydrogens is 1600 g/mol. The zero-order valence-electron chi connectivity index (χ0n) is 58.6. The fourth-order valence-corrected chi connectivity index (χ4v) is 14.8. The van der Waals surface area contributed by atoms with Crippen molar-refractivity contribution in [2.45, 2.75) is 257 Å². The molecule has 0 aromatic rings. The quantitative estimate of drug-likeness (QED) is 0.0872. The second kappa shape index (κ2) is 40.9. The van der Waals surface area contributed by atoms with E-state index in [-0.39, 0.29) is 85.4 Å². The number of nitrogens with two attached hydrogens (primary N) is 6. The van der Waals surface area contributed by atoms with Gasteiger partial charge in [0.1, 0.15) is 67.1 Å². The van der Waals surface area contributed by atoms with Crippen molar-refractivity contribution in [1.82, 2.24) is 5.32 Å². The van der Waals surface area contributed by atoms with Gasteiger partial charge in [-0.25, -0.2) is 28.8 Å². The first kappa shape index (κ1) is 102. The minimum absolute atomic E-state index is 0.0411. The highest BCUT2D eigenvalue weighted by atomic mass is 19.4. The molecule has 1 amide bonds. The minimum atomic E-state index is -5.08. The van der Waals surface area contributed by atoms with E-state index in [0.29, 0.717) is 25.7 Å². The van der Waals surface area contributed by atoms with E-state index in [4.69, 9.17) is 122 Å². The van der Waals surface area contributed by atoms with Crippen molar-refractivity contribution in [3.05, 3.63) is 0 Å². The lowest BCUT2D eigenvalue weighted by Gasteiger charge is -2.63. The van der Waals surface area contributed by atoms with Crippen LogP contribution in [-0.2, 0) is 62.0 Å². The van der Waals surface area contributed by atoms with Gasteiger partial charge in [-0.3, -0.25) is 4.79 Å². The molecule has 3 aliphatic heterocycles. The van der Waals surface area contributed by atoms with E-state index >= 15 is 0 Å². The first-order chi connectivity index (χ1) is 50.7. The number of fused-ring (bicyclic) bond motifs is 5. The molecule has 53 heteroatoms.